The summed E-state index contributed by atoms with van der Waals surface area (Å²) in [5, 5.41) is 3.95. The van der Waals surface area contributed by atoms with Crippen LogP contribution in [0.5, 0.6) is 5.75 Å². The van der Waals surface area contributed by atoms with E-state index >= 15 is 0 Å². The molecule has 1 N–H and O–H groups in total. The molecule has 3 atom stereocenters. The molecule has 0 bridgehead atoms. The van der Waals surface area contributed by atoms with Crippen molar-refractivity contribution in [3.63, 3.8) is 0 Å². The van der Waals surface area contributed by atoms with Crippen LogP contribution in [0.2, 0.25) is 5.02 Å². The van der Waals surface area contributed by atoms with Gasteiger partial charge in [0.15, 0.2) is 0 Å². The molecule has 0 amide bonds. The van der Waals surface area contributed by atoms with E-state index in [9.17, 15) is 0 Å². The van der Waals surface area contributed by atoms with Crippen LogP contribution in [-0.4, -0.2) is 31.9 Å². The summed E-state index contributed by atoms with van der Waals surface area (Å²) in [6, 6.07) is 7.89. The number of benzene rings is 1. The Hall–Kier alpha value is -0.770. The fourth-order valence-electron chi connectivity index (χ4n) is 2.17. The van der Waals surface area contributed by atoms with Gasteiger partial charge in [0.1, 0.15) is 18.0 Å². The second kappa shape index (κ2) is 6.41. The first kappa shape index (κ1) is 13.7. The highest BCUT2D eigenvalue weighted by Crippen LogP contribution is 2.30. The van der Waals surface area contributed by atoms with Crippen LogP contribution >= 0.6 is 11.6 Å². The van der Waals surface area contributed by atoms with Crippen molar-refractivity contribution >= 4 is 11.6 Å². The van der Waals surface area contributed by atoms with Gasteiger partial charge < -0.3 is 14.8 Å². The number of nitrogens with one attached hydrogen (secondary N) is 1. The number of ether oxygens (including phenoxy) is 2. The lowest BCUT2D eigenvalue weighted by Gasteiger charge is -2.43. The van der Waals surface area contributed by atoms with E-state index in [2.05, 4.69) is 12.2 Å². The summed E-state index contributed by atoms with van der Waals surface area (Å²) < 4.78 is 11.7. The first-order valence-corrected chi connectivity index (χ1v) is 6.83. The second-order valence-electron chi connectivity index (χ2n) is 4.58. The molecule has 0 heterocycles. The predicted molar refractivity (Wildman–Crippen MR) is 73.4 cm³/mol. The van der Waals surface area contributed by atoms with Gasteiger partial charge in [-0.05, 0) is 31.7 Å². The highest BCUT2D eigenvalue weighted by Gasteiger charge is 2.42. The molecule has 1 aliphatic carbocycles. The van der Waals surface area contributed by atoms with E-state index in [1.165, 1.54) is 0 Å². The maximum Gasteiger partial charge on any atom is 0.128 e. The molecule has 1 aromatic rings. The van der Waals surface area contributed by atoms with Gasteiger partial charge in [-0.1, -0.05) is 24.6 Å². The normalized spacial score (nSPS) is 26.7. The molecule has 3 nitrogen and oxygen atoms in total. The molecule has 1 saturated carbocycles. The highest BCUT2D eigenvalue weighted by atomic mass is 35.5. The first-order chi connectivity index (χ1) is 8.74. The molecule has 1 aliphatic rings. The predicted octanol–water partition coefficient (Wildman–Crippen LogP) is 2.87. The van der Waals surface area contributed by atoms with Crippen molar-refractivity contribution in [1.82, 2.24) is 5.32 Å². The standard InChI is InChI=1S/C14H20ClNO2/c1-3-7-17-14-12(16-2)9-13(14)18-11-6-4-5-10(15)8-11/h4-6,8,12-14,16H,3,7,9H2,1-2H3. The minimum absolute atomic E-state index is 0.118. The molecule has 4 heteroatoms. The maximum atomic E-state index is 5.94. The van der Waals surface area contributed by atoms with Crippen LogP contribution in [0.3, 0.4) is 0 Å². The third-order valence-electron chi connectivity index (χ3n) is 3.22. The number of hydrogen-bond donors (Lipinski definition) is 1. The average Bonchev–Trinajstić information content (AvgIpc) is 2.34. The molecular formula is C14H20ClNO2. The Morgan fingerprint density at radius 3 is 2.94 bits per heavy atom. The van der Waals surface area contributed by atoms with Gasteiger partial charge in [-0.25, -0.2) is 0 Å². The number of halogens is 1. The van der Waals surface area contributed by atoms with Crippen molar-refractivity contribution in [2.45, 2.75) is 38.0 Å². The van der Waals surface area contributed by atoms with Gasteiger partial charge in [-0.15, -0.1) is 0 Å². The van der Waals surface area contributed by atoms with Crippen molar-refractivity contribution in [3.8, 4) is 5.75 Å². The Labute approximate surface area is 113 Å². The van der Waals surface area contributed by atoms with Crippen LogP contribution in [0.4, 0.5) is 0 Å². The molecular weight excluding hydrogens is 250 g/mol. The van der Waals surface area contributed by atoms with Crippen LogP contribution in [0.1, 0.15) is 19.8 Å². The molecule has 100 valence electrons. The van der Waals surface area contributed by atoms with Crippen molar-refractivity contribution < 1.29 is 9.47 Å². The van der Waals surface area contributed by atoms with Gasteiger partial charge in [0.05, 0.1) is 0 Å². The summed E-state index contributed by atoms with van der Waals surface area (Å²) in [7, 11) is 1.96. The summed E-state index contributed by atoms with van der Waals surface area (Å²) in [6.07, 6.45) is 2.25. The highest BCUT2D eigenvalue weighted by molar-refractivity contribution is 6.30. The summed E-state index contributed by atoms with van der Waals surface area (Å²) >= 11 is 5.94. The number of rotatable bonds is 6. The van der Waals surface area contributed by atoms with Gasteiger partial charge >= 0.3 is 0 Å². The van der Waals surface area contributed by atoms with E-state index < -0.39 is 0 Å². The first-order valence-electron chi connectivity index (χ1n) is 6.45. The molecule has 0 aromatic heterocycles. The average molecular weight is 270 g/mol. The lowest BCUT2D eigenvalue weighted by Crippen LogP contribution is -2.60. The van der Waals surface area contributed by atoms with Crippen molar-refractivity contribution in [1.29, 1.82) is 0 Å². The van der Waals surface area contributed by atoms with Gasteiger partial charge in [0.25, 0.3) is 0 Å². The van der Waals surface area contributed by atoms with Crippen LogP contribution in [0, 0.1) is 0 Å². The lowest BCUT2D eigenvalue weighted by molar-refractivity contribution is -0.106. The zero-order chi connectivity index (χ0) is 13.0. The van der Waals surface area contributed by atoms with E-state index in [0.717, 1.165) is 25.2 Å². The third kappa shape index (κ3) is 3.16. The third-order valence-corrected chi connectivity index (χ3v) is 3.45. The van der Waals surface area contributed by atoms with Crippen molar-refractivity contribution in [2.75, 3.05) is 13.7 Å². The SMILES string of the molecule is CCCOC1C(NC)CC1Oc1cccc(Cl)c1. The minimum atomic E-state index is 0.118. The Kier molecular flexibility index (Phi) is 4.87. The zero-order valence-electron chi connectivity index (χ0n) is 10.9. The van der Waals surface area contributed by atoms with Gasteiger partial charge in [-0.3, -0.25) is 0 Å². The van der Waals surface area contributed by atoms with E-state index in [-0.39, 0.29) is 12.2 Å². The molecule has 3 unspecified atom stereocenters. The van der Waals surface area contributed by atoms with Crippen LogP contribution in [0.15, 0.2) is 24.3 Å². The van der Waals surface area contributed by atoms with Crippen LogP contribution in [0.25, 0.3) is 0 Å². The largest absolute Gasteiger partial charge is 0.488 e. The van der Waals surface area contributed by atoms with Gasteiger partial charge in [-0.2, -0.15) is 0 Å². The Morgan fingerprint density at radius 2 is 2.28 bits per heavy atom. The maximum absolute atomic E-state index is 5.94. The molecule has 1 fully saturated rings. The monoisotopic (exact) mass is 269 g/mol. The topological polar surface area (TPSA) is 30.5 Å². The quantitative estimate of drug-likeness (QED) is 0.861. The van der Waals surface area contributed by atoms with E-state index in [1.54, 1.807) is 0 Å². The summed E-state index contributed by atoms with van der Waals surface area (Å²) in [5.74, 6) is 0.812. The fourth-order valence-corrected chi connectivity index (χ4v) is 2.35. The summed E-state index contributed by atoms with van der Waals surface area (Å²) in [4.78, 5) is 0. The summed E-state index contributed by atoms with van der Waals surface area (Å²) in [6.45, 7) is 2.89. The molecule has 0 spiro atoms. The molecule has 1 aromatic carbocycles. The Balaban J connectivity index is 1.92. The molecule has 18 heavy (non-hydrogen) atoms. The second-order valence-corrected chi connectivity index (χ2v) is 5.02. The van der Waals surface area contributed by atoms with E-state index in [0.29, 0.717) is 11.1 Å². The van der Waals surface area contributed by atoms with Crippen LogP contribution in [-0.2, 0) is 4.74 Å². The summed E-state index contributed by atoms with van der Waals surface area (Å²) in [5.41, 5.74) is 0. The van der Waals surface area contributed by atoms with Crippen molar-refractivity contribution in [3.05, 3.63) is 29.3 Å². The fraction of sp³-hybridized carbons (Fsp3) is 0.571. The Bertz CT molecular complexity index is 386. The number of hydrogen-bond acceptors (Lipinski definition) is 3. The molecule has 0 saturated heterocycles. The Morgan fingerprint density at radius 1 is 1.44 bits per heavy atom. The smallest absolute Gasteiger partial charge is 0.128 e. The van der Waals surface area contributed by atoms with E-state index in [1.807, 2.05) is 31.3 Å². The number of likely N-dealkylation sites (N-methyl/N-ethyl adjacent to an activating group) is 1. The molecule has 0 radical (unpaired) electrons. The molecule has 0 aliphatic heterocycles. The van der Waals surface area contributed by atoms with Gasteiger partial charge in [0, 0.05) is 24.1 Å². The van der Waals surface area contributed by atoms with E-state index in [4.69, 9.17) is 21.1 Å². The lowest BCUT2D eigenvalue weighted by atomic mass is 9.85. The van der Waals surface area contributed by atoms with Gasteiger partial charge in [0.2, 0.25) is 0 Å². The zero-order valence-corrected chi connectivity index (χ0v) is 11.6. The van der Waals surface area contributed by atoms with Crippen molar-refractivity contribution in [2.24, 2.45) is 0 Å². The van der Waals surface area contributed by atoms with Crippen LogP contribution < -0.4 is 10.1 Å². The molecule has 2 rings (SSSR count). The minimum Gasteiger partial charge on any atom is -0.488 e.